The molecule has 86 valence electrons. The molecule has 0 rings (SSSR count). The lowest BCUT2D eigenvalue weighted by Crippen LogP contribution is -2.19. The Balaban J connectivity index is 4.73. The predicted molar refractivity (Wildman–Crippen MR) is 63.0 cm³/mol. The molecule has 0 saturated carbocycles. The van der Waals surface area contributed by atoms with Crippen LogP contribution in [0.5, 0.6) is 0 Å². The Hall–Kier alpha value is -0.360. The van der Waals surface area contributed by atoms with E-state index in [0.717, 1.165) is 0 Å². The van der Waals surface area contributed by atoms with E-state index >= 15 is 0 Å². The smallest absolute Gasteiger partial charge is 0.345 e. The zero-order valence-electron chi connectivity index (χ0n) is 8.46. The fourth-order valence-corrected chi connectivity index (χ4v) is 1.29. The molecule has 0 aromatic carbocycles. The number of hydrogen-bond donors (Lipinski definition) is 0. The van der Waals surface area contributed by atoms with E-state index in [2.05, 4.69) is 31.9 Å². The number of esters is 2. The minimum Gasteiger partial charge on any atom is -0.462 e. The van der Waals surface area contributed by atoms with Gasteiger partial charge in [0.25, 0.3) is 0 Å². The molecule has 0 N–H and O–H groups in total. The van der Waals surface area contributed by atoms with Crippen LogP contribution in [0.3, 0.4) is 0 Å². The second kappa shape index (κ2) is 7.87. The normalized spacial score (nSPS) is 9.67. The summed E-state index contributed by atoms with van der Waals surface area (Å²) < 4.78 is 9.16. The molecule has 0 aliphatic heterocycles. The van der Waals surface area contributed by atoms with Gasteiger partial charge in [0.2, 0.25) is 0 Å². The monoisotopic (exact) mass is 342 g/mol. The van der Waals surface area contributed by atoms with Gasteiger partial charge >= 0.3 is 11.9 Å². The van der Waals surface area contributed by atoms with Crippen molar-refractivity contribution in [3.8, 4) is 0 Å². The third kappa shape index (κ3) is 5.94. The third-order valence-corrected chi connectivity index (χ3v) is 1.81. The average molecular weight is 344 g/mol. The van der Waals surface area contributed by atoms with Crippen LogP contribution in [0.2, 0.25) is 0 Å². The Morgan fingerprint density at radius 3 is 1.80 bits per heavy atom. The summed E-state index contributed by atoms with van der Waals surface area (Å²) in [6, 6.07) is 0. The van der Waals surface area contributed by atoms with Gasteiger partial charge in [0.05, 0.1) is 17.0 Å². The minimum atomic E-state index is -0.681. The lowest BCUT2D eigenvalue weighted by molar-refractivity contribution is -0.146. The molecule has 0 aromatic heterocycles. The third-order valence-electron chi connectivity index (χ3n) is 1.28. The highest BCUT2D eigenvalue weighted by atomic mass is 79.9. The summed E-state index contributed by atoms with van der Waals surface area (Å²) in [5.41, 5.74) is -0.113. The van der Waals surface area contributed by atoms with E-state index in [1.807, 2.05) is 0 Å². The first-order valence-electron chi connectivity index (χ1n) is 4.37. The van der Waals surface area contributed by atoms with Gasteiger partial charge in [0, 0.05) is 0 Å². The Morgan fingerprint density at radius 2 is 1.53 bits per heavy atom. The van der Waals surface area contributed by atoms with Crippen LogP contribution in [0.1, 0.15) is 13.8 Å². The summed E-state index contributed by atoms with van der Waals surface area (Å²) in [5, 5.41) is 0. The molecule has 0 amide bonds. The largest absolute Gasteiger partial charge is 0.462 e. The Morgan fingerprint density at radius 1 is 1.13 bits per heavy atom. The maximum Gasteiger partial charge on any atom is 0.345 e. The fraction of sp³-hybridized carbons (Fsp3) is 0.556. The van der Waals surface area contributed by atoms with Crippen LogP contribution in [-0.2, 0) is 19.1 Å². The fourth-order valence-electron chi connectivity index (χ4n) is 0.763. The van der Waals surface area contributed by atoms with E-state index in [4.69, 9.17) is 9.47 Å². The first-order chi connectivity index (χ1) is 7.02. The van der Waals surface area contributed by atoms with Crippen LogP contribution in [0.25, 0.3) is 0 Å². The summed E-state index contributed by atoms with van der Waals surface area (Å²) in [6.07, 6.45) is 1.38. The summed E-state index contributed by atoms with van der Waals surface area (Å²) in [5.74, 6) is -1.36. The van der Waals surface area contributed by atoms with Crippen molar-refractivity contribution in [3.05, 3.63) is 11.6 Å². The van der Waals surface area contributed by atoms with Gasteiger partial charge in [-0.2, -0.15) is 0 Å². The number of rotatable bonds is 5. The molecule has 0 aliphatic carbocycles. The molecule has 0 saturated heterocycles. The van der Waals surface area contributed by atoms with Crippen molar-refractivity contribution < 1.29 is 19.1 Å². The Labute approximate surface area is 105 Å². The molecule has 0 heterocycles. The van der Waals surface area contributed by atoms with Gasteiger partial charge < -0.3 is 9.47 Å². The van der Waals surface area contributed by atoms with Crippen molar-refractivity contribution >= 4 is 43.8 Å². The van der Waals surface area contributed by atoms with Crippen molar-refractivity contribution in [1.29, 1.82) is 0 Å². The molecule has 0 bridgehead atoms. The molecule has 0 aromatic rings. The van der Waals surface area contributed by atoms with Gasteiger partial charge in [-0.25, -0.2) is 9.59 Å². The van der Waals surface area contributed by atoms with Crippen molar-refractivity contribution in [2.45, 2.75) is 17.6 Å². The lowest BCUT2D eigenvalue weighted by atomic mass is 10.2. The molecule has 0 fully saturated rings. The molecular formula is C9H12Br2O4. The van der Waals surface area contributed by atoms with Crippen LogP contribution in [0.15, 0.2) is 11.6 Å². The van der Waals surface area contributed by atoms with Gasteiger partial charge in [-0.15, -0.1) is 0 Å². The molecule has 0 atom stereocenters. The van der Waals surface area contributed by atoms with E-state index in [-0.39, 0.29) is 22.5 Å². The van der Waals surface area contributed by atoms with Crippen LogP contribution in [0.4, 0.5) is 0 Å². The molecule has 0 spiro atoms. The van der Waals surface area contributed by atoms with E-state index in [0.29, 0.717) is 0 Å². The molecule has 0 unspecified atom stereocenters. The summed E-state index contributed by atoms with van der Waals surface area (Å²) in [6.45, 7) is 3.76. The van der Waals surface area contributed by atoms with Gasteiger partial charge in [-0.1, -0.05) is 31.9 Å². The number of halogens is 2. The maximum absolute atomic E-state index is 11.4. The summed E-state index contributed by atoms with van der Waals surface area (Å²) in [7, 11) is 0. The zero-order valence-corrected chi connectivity index (χ0v) is 11.6. The minimum absolute atomic E-state index is 0.113. The SMILES string of the molecule is CCOC(=O)C(=CC(Br)Br)C(=O)OCC. The molecule has 4 nitrogen and oxygen atoms in total. The number of hydrogen-bond acceptors (Lipinski definition) is 4. The Bertz CT molecular complexity index is 241. The number of ether oxygens (including phenoxy) is 2. The average Bonchev–Trinajstić information content (AvgIpc) is 2.14. The highest BCUT2D eigenvalue weighted by Gasteiger charge is 2.21. The first kappa shape index (κ1) is 14.6. The van der Waals surface area contributed by atoms with Crippen molar-refractivity contribution in [2.24, 2.45) is 0 Å². The molecular weight excluding hydrogens is 332 g/mol. The zero-order chi connectivity index (χ0) is 11.8. The second-order valence-electron chi connectivity index (χ2n) is 2.36. The maximum atomic E-state index is 11.4. The van der Waals surface area contributed by atoms with Crippen molar-refractivity contribution in [3.63, 3.8) is 0 Å². The highest BCUT2D eigenvalue weighted by molar-refractivity contribution is 9.24. The highest BCUT2D eigenvalue weighted by Crippen LogP contribution is 2.14. The standard InChI is InChI=1S/C9H12Br2O4/c1-3-14-8(12)6(5-7(10)11)9(13)15-4-2/h5,7H,3-4H2,1-2H3. The van der Waals surface area contributed by atoms with Gasteiger partial charge in [0.1, 0.15) is 5.57 Å². The van der Waals surface area contributed by atoms with Crippen LogP contribution in [-0.4, -0.2) is 28.9 Å². The van der Waals surface area contributed by atoms with E-state index in [1.54, 1.807) is 13.8 Å². The van der Waals surface area contributed by atoms with Crippen LogP contribution < -0.4 is 0 Å². The van der Waals surface area contributed by atoms with Gasteiger partial charge in [-0.05, 0) is 19.9 Å². The number of carbonyl (C=O) groups is 2. The number of alkyl halides is 2. The predicted octanol–water partition coefficient (Wildman–Crippen LogP) is 2.15. The quantitative estimate of drug-likeness (QED) is 0.252. The topological polar surface area (TPSA) is 52.6 Å². The first-order valence-corrected chi connectivity index (χ1v) is 6.20. The van der Waals surface area contributed by atoms with Crippen molar-refractivity contribution in [2.75, 3.05) is 13.2 Å². The van der Waals surface area contributed by atoms with E-state index in [9.17, 15) is 9.59 Å². The van der Waals surface area contributed by atoms with Gasteiger partial charge in [0.15, 0.2) is 0 Å². The summed E-state index contributed by atoms with van der Waals surface area (Å²) in [4.78, 5) is 22.7. The molecule has 0 aliphatic rings. The summed E-state index contributed by atoms with van der Waals surface area (Å²) >= 11 is 6.28. The Kier molecular flexibility index (Phi) is 7.68. The van der Waals surface area contributed by atoms with Crippen LogP contribution >= 0.6 is 31.9 Å². The second-order valence-corrected chi connectivity index (χ2v) is 5.56. The van der Waals surface area contributed by atoms with Gasteiger partial charge in [-0.3, -0.25) is 0 Å². The molecule has 6 heteroatoms. The lowest BCUT2D eigenvalue weighted by Gasteiger charge is -2.06. The van der Waals surface area contributed by atoms with Crippen LogP contribution in [0, 0.1) is 0 Å². The van der Waals surface area contributed by atoms with Crippen molar-refractivity contribution in [1.82, 2.24) is 0 Å². The molecule has 0 radical (unpaired) electrons. The molecule has 15 heavy (non-hydrogen) atoms. The van der Waals surface area contributed by atoms with E-state index in [1.165, 1.54) is 6.08 Å². The number of allylic oxidation sites excluding steroid dienone is 1. The van der Waals surface area contributed by atoms with E-state index < -0.39 is 11.9 Å². The number of carbonyl (C=O) groups excluding carboxylic acids is 2.